The fraction of sp³-hybridized carbons (Fsp3) is 0.708. The Bertz CT molecular complexity index is 787. The highest BCUT2D eigenvalue weighted by molar-refractivity contribution is 8.02. The van der Waals surface area contributed by atoms with Gasteiger partial charge in [0.2, 0.25) is 17.7 Å². The molecule has 0 aromatic rings. The molecule has 0 saturated carbocycles. The van der Waals surface area contributed by atoms with Gasteiger partial charge in [-0.15, -0.1) is 24.9 Å². The summed E-state index contributed by atoms with van der Waals surface area (Å²) in [6, 6.07) is -0.679. The lowest BCUT2D eigenvalue weighted by atomic mass is 9.65. The zero-order valence-electron chi connectivity index (χ0n) is 19.7. The lowest BCUT2D eigenvalue weighted by Crippen LogP contribution is -2.58. The number of likely N-dealkylation sites (N-methyl/N-ethyl adjacent to an activating group) is 1. The van der Waals surface area contributed by atoms with Gasteiger partial charge < -0.3 is 19.8 Å². The fourth-order valence-electron chi connectivity index (χ4n) is 5.95. The van der Waals surface area contributed by atoms with E-state index in [4.69, 9.17) is 0 Å². The Morgan fingerprint density at radius 1 is 1.28 bits per heavy atom. The molecule has 0 aromatic heterocycles. The molecule has 3 saturated heterocycles. The lowest BCUT2D eigenvalue weighted by Gasteiger charge is -2.41. The van der Waals surface area contributed by atoms with Crippen LogP contribution in [0, 0.1) is 17.8 Å². The fourth-order valence-corrected chi connectivity index (χ4v) is 8.36. The first-order chi connectivity index (χ1) is 15.2. The van der Waals surface area contributed by atoms with E-state index in [0.29, 0.717) is 26.1 Å². The molecule has 3 unspecified atom stereocenters. The Morgan fingerprint density at radius 2 is 1.94 bits per heavy atom. The van der Waals surface area contributed by atoms with Crippen LogP contribution in [-0.2, 0) is 14.4 Å². The number of nitrogens with zero attached hydrogens (tertiary/aromatic N) is 3. The second kappa shape index (κ2) is 9.59. The minimum absolute atomic E-state index is 0.0286. The Labute approximate surface area is 195 Å². The SMILES string of the molecule is C=CCN(C)C(=O)[C@@H]1[C@@H]2CC(C)C3(S2)C(C(=O)N(CC=C)C(C)C)N(CCCO)C(=O)[C@H]13. The predicted molar refractivity (Wildman–Crippen MR) is 127 cm³/mol. The Morgan fingerprint density at radius 3 is 2.50 bits per heavy atom. The van der Waals surface area contributed by atoms with Crippen molar-refractivity contribution in [2.24, 2.45) is 17.8 Å². The quantitative estimate of drug-likeness (QED) is 0.500. The number of amides is 3. The number of carbonyl (C=O) groups excluding carboxylic acids is 3. The van der Waals surface area contributed by atoms with Gasteiger partial charge in [-0.1, -0.05) is 19.1 Å². The summed E-state index contributed by atoms with van der Waals surface area (Å²) in [6.45, 7) is 14.7. The molecular formula is C24H37N3O4S. The zero-order chi connectivity index (χ0) is 23.8. The maximum Gasteiger partial charge on any atom is 0.247 e. The number of hydrogen-bond donors (Lipinski definition) is 1. The molecule has 3 heterocycles. The third-order valence-corrected chi connectivity index (χ3v) is 9.41. The van der Waals surface area contributed by atoms with Crippen molar-refractivity contribution in [3.63, 3.8) is 0 Å². The summed E-state index contributed by atoms with van der Waals surface area (Å²) in [4.78, 5) is 46.3. The second-order valence-corrected chi connectivity index (χ2v) is 11.1. The highest BCUT2D eigenvalue weighted by Crippen LogP contribution is 2.68. The van der Waals surface area contributed by atoms with E-state index in [0.717, 1.165) is 6.42 Å². The number of fused-ring (bicyclic) bond motifs is 1. The van der Waals surface area contributed by atoms with Crippen LogP contribution in [-0.4, -0.2) is 92.9 Å². The van der Waals surface area contributed by atoms with Crippen LogP contribution in [0.15, 0.2) is 25.3 Å². The Kier molecular flexibility index (Phi) is 7.44. The first kappa shape index (κ1) is 24.8. The molecular weight excluding hydrogens is 426 g/mol. The van der Waals surface area contributed by atoms with E-state index in [1.165, 1.54) is 0 Å². The molecule has 0 aromatic carbocycles. The molecule has 7 nitrogen and oxygen atoms in total. The van der Waals surface area contributed by atoms with Crippen LogP contribution < -0.4 is 0 Å². The Hall–Kier alpha value is -1.80. The van der Waals surface area contributed by atoms with Crippen molar-refractivity contribution in [2.45, 2.75) is 55.7 Å². The van der Waals surface area contributed by atoms with Crippen molar-refractivity contribution >= 4 is 29.5 Å². The topological polar surface area (TPSA) is 81.2 Å². The minimum Gasteiger partial charge on any atom is -0.396 e. The monoisotopic (exact) mass is 463 g/mol. The third kappa shape index (κ3) is 3.69. The largest absolute Gasteiger partial charge is 0.396 e. The van der Waals surface area contributed by atoms with Gasteiger partial charge in [0.15, 0.2) is 0 Å². The second-order valence-electron chi connectivity index (χ2n) is 9.54. The van der Waals surface area contributed by atoms with Crippen LogP contribution in [0.3, 0.4) is 0 Å². The number of hydrogen-bond acceptors (Lipinski definition) is 5. The third-order valence-electron chi connectivity index (χ3n) is 7.33. The van der Waals surface area contributed by atoms with Crippen LogP contribution in [0.4, 0.5) is 0 Å². The number of thioether (sulfide) groups is 1. The summed E-state index contributed by atoms with van der Waals surface area (Å²) < 4.78 is -0.627. The number of carbonyl (C=O) groups is 3. The molecule has 3 aliphatic rings. The average Bonchev–Trinajstić information content (AvgIpc) is 3.33. The maximum absolute atomic E-state index is 14.0. The summed E-state index contributed by atoms with van der Waals surface area (Å²) in [7, 11) is 1.74. The molecule has 3 fully saturated rings. The van der Waals surface area contributed by atoms with Gasteiger partial charge in [0.25, 0.3) is 0 Å². The van der Waals surface area contributed by atoms with Gasteiger partial charge in [0.1, 0.15) is 6.04 Å². The van der Waals surface area contributed by atoms with Crippen molar-refractivity contribution in [1.29, 1.82) is 0 Å². The molecule has 8 heteroatoms. The average molecular weight is 464 g/mol. The molecule has 3 amide bonds. The van der Waals surface area contributed by atoms with Crippen molar-refractivity contribution in [3.05, 3.63) is 25.3 Å². The van der Waals surface area contributed by atoms with E-state index in [2.05, 4.69) is 20.1 Å². The van der Waals surface area contributed by atoms with E-state index >= 15 is 0 Å². The van der Waals surface area contributed by atoms with E-state index in [9.17, 15) is 19.5 Å². The number of rotatable bonds is 10. The van der Waals surface area contributed by atoms with Crippen LogP contribution in [0.1, 0.15) is 33.6 Å². The highest BCUT2D eigenvalue weighted by Gasteiger charge is 2.76. The van der Waals surface area contributed by atoms with Gasteiger partial charge in [0.05, 0.1) is 16.6 Å². The molecule has 178 valence electrons. The van der Waals surface area contributed by atoms with E-state index in [-0.39, 0.29) is 41.5 Å². The molecule has 3 rings (SSSR count). The van der Waals surface area contributed by atoms with Gasteiger partial charge >= 0.3 is 0 Å². The minimum atomic E-state index is -0.638. The predicted octanol–water partition coefficient (Wildman–Crippen LogP) is 1.77. The number of likely N-dealkylation sites (tertiary alicyclic amines) is 1. The van der Waals surface area contributed by atoms with Crippen molar-refractivity contribution in [2.75, 3.05) is 33.3 Å². The van der Waals surface area contributed by atoms with E-state index < -0.39 is 22.6 Å². The van der Waals surface area contributed by atoms with Crippen LogP contribution >= 0.6 is 11.8 Å². The highest BCUT2D eigenvalue weighted by atomic mass is 32.2. The summed E-state index contributed by atoms with van der Waals surface area (Å²) in [5, 5.41) is 9.48. The molecule has 3 aliphatic heterocycles. The van der Waals surface area contributed by atoms with Gasteiger partial charge in [-0.3, -0.25) is 14.4 Å². The molecule has 0 radical (unpaired) electrons. The molecule has 32 heavy (non-hydrogen) atoms. The number of aliphatic hydroxyl groups excluding tert-OH is 1. The van der Waals surface area contributed by atoms with Gasteiger partial charge in [-0.25, -0.2) is 0 Å². The smallest absolute Gasteiger partial charge is 0.247 e. The first-order valence-electron chi connectivity index (χ1n) is 11.5. The van der Waals surface area contributed by atoms with Crippen molar-refractivity contribution < 1.29 is 19.5 Å². The normalized spacial score (nSPS) is 32.9. The Balaban J connectivity index is 2.07. The molecule has 0 aliphatic carbocycles. The lowest BCUT2D eigenvalue weighted by molar-refractivity contribution is -0.144. The van der Waals surface area contributed by atoms with Crippen molar-refractivity contribution in [1.82, 2.24) is 14.7 Å². The standard InChI is InChI=1S/C24H37N3O4S/c1-7-10-25(6)21(29)18-17-14-16(5)24(32-17)19(18)22(30)27(12-9-13-28)20(24)23(31)26(11-8-2)15(3)4/h7-8,15-20,28H,1-2,9-14H2,3-6H3/t16?,17-,18+,19-,20?,24?/m0/s1. The van der Waals surface area contributed by atoms with Gasteiger partial charge in [0, 0.05) is 44.6 Å². The van der Waals surface area contributed by atoms with Crippen LogP contribution in [0.25, 0.3) is 0 Å². The molecule has 1 spiro atoms. The summed E-state index contributed by atoms with van der Waals surface area (Å²) in [5.74, 6) is -1.07. The zero-order valence-corrected chi connectivity index (χ0v) is 20.5. The van der Waals surface area contributed by atoms with Gasteiger partial charge in [-0.2, -0.15) is 0 Å². The summed E-state index contributed by atoms with van der Waals surface area (Å²) in [5.41, 5.74) is 0. The molecule has 2 bridgehead atoms. The summed E-state index contributed by atoms with van der Waals surface area (Å²) in [6.07, 6.45) is 4.61. The maximum atomic E-state index is 14.0. The van der Waals surface area contributed by atoms with Crippen molar-refractivity contribution in [3.8, 4) is 0 Å². The number of aliphatic hydroxyl groups is 1. The summed E-state index contributed by atoms with van der Waals surface area (Å²) >= 11 is 1.68. The van der Waals surface area contributed by atoms with Crippen LogP contribution in [0.5, 0.6) is 0 Å². The van der Waals surface area contributed by atoms with E-state index in [1.54, 1.807) is 45.7 Å². The van der Waals surface area contributed by atoms with Crippen LogP contribution in [0.2, 0.25) is 0 Å². The van der Waals surface area contributed by atoms with E-state index in [1.807, 2.05) is 13.8 Å². The first-order valence-corrected chi connectivity index (χ1v) is 12.4. The van der Waals surface area contributed by atoms with Gasteiger partial charge in [-0.05, 0) is 32.6 Å². The molecule has 6 atom stereocenters. The molecule has 1 N–H and O–H groups in total.